The summed E-state index contributed by atoms with van der Waals surface area (Å²) in [5, 5.41) is 1.94. The fraction of sp³-hybridized carbons (Fsp3) is 0.538. The van der Waals surface area contributed by atoms with Crippen LogP contribution in [-0.4, -0.2) is 9.55 Å². The summed E-state index contributed by atoms with van der Waals surface area (Å²) in [6, 6.07) is 1.93. The van der Waals surface area contributed by atoms with Crippen molar-refractivity contribution in [2.75, 3.05) is 0 Å². The molecule has 5 heteroatoms. The van der Waals surface area contributed by atoms with Crippen LogP contribution in [0.25, 0.3) is 10.2 Å². The van der Waals surface area contributed by atoms with Crippen molar-refractivity contribution in [1.29, 1.82) is 0 Å². The zero-order valence-electron chi connectivity index (χ0n) is 9.94. The molecule has 3 nitrogen and oxygen atoms in total. The van der Waals surface area contributed by atoms with Crippen molar-refractivity contribution in [1.82, 2.24) is 9.55 Å². The first-order valence-electron chi connectivity index (χ1n) is 6.40. The number of hydrogen-bond donors (Lipinski definition) is 1. The molecule has 2 heterocycles. The van der Waals surface area contributed by atoms with E-state index < -0.39 is 0 Å². The summed E-state index contributed by atoms with van der Waals surface area (Å²) in [7, 11) is 0. The lowest BCUT2D eigenvalue weighted by Gasteiger charge is -2.15. The first-order chi connectivity index (χ1) is 8.70. The van der Waals surface area contributed by atoms with Gasteiger partial charge in [0.1, 0.15) is 4.70 Å². The summed E-state index contributed by atoms with van der Waals surface area (Å²) in [4.78, 5) is 15.6. The third-order valence-corrected chi connectivity index (χ3v) is 5.62. The molecule has 0 aliphatic heterocycles. The summed E-state index contributed by atoms with van der Waals surface area (Å²) in [5.41, 5.74) is 1.37. The van der Waals surface area contributed by atoms with Crippen LogP contribution < -0.4 is 5.56 Å². The van der Waals surface area contributed by atoms with Gasteiger partial charge >= 0.3 is 0 Å². The Labute approximate surface area is 113 Å². The highest BCUT2D eigenvalue weighted by atomic mass is 32.1. The molecule has 0 saturated heterocycles. The maximum atomic E-state index is 12.4. The molecule has 4 rings (SSSR count). The topological polar surface area (TPSA) is 37.8 Å². The van der Waals surface area contributed by atoms with E-state index >= 15 is 0 Å². The molecule has 0 spiro atoms. The number of rotatable bonds is 3. The second kappa shape index (κ2) is 3.54. The number of nitrogens with one attached hydrogen (secondary N) is 1. The summed E-state index contributed by atoms with van der Waals surface area (Å²) < 4.78 is 3.17. The number of fused-ring (bicyclic) bond motifs is 1. The number of aromatic amines is 1. The van der Waals surface area contributed by atoms with Crippen molar-refractivity contribution in [3.05, 3.63) is 26.6 Å². The van der Waals surface area contributed by atoms with Crippen LogP contribution in [0, 0.1) is 16.1 Å². The van der Waals surface area contributed by atoms with E-state index in [9.17, 15) is 4.79 Å². The minimum absolute atomic E-state index is 0.0932. The molecule has 2 fully saturated rings. The van der Waals surface area contributed by atoms with Gasteiger partial charge < -0.3 is 4.98 Å². The smallest absolute Gasteiger partial charge is 0.272 e. The van der Waals surface area contributed by atoms with Crippen LogP contribution in [0.3, 0.4) is 0 Å². The van der Waals surface area contributed by atoms with Crippen LogP contribution in [0.15, 0.2) is 16.2 Å². The van der Waals surface area contributed by atoms with Gasteiger partial charge in [0, 0.05) is 6.54 Å². The lowest BCUT2D eigenvalue weighted by Crippen LogP contribution is -2.26. The van der Waals surface area contributed by atoms with E-state index in [1.165, 1.54) is 37.0 Å². The van der Waals surface area contributed by atoms with Crippen molar-refractivity contribution in [2.45, 2.75) is 32.2 Å². The van der Waals surface area contributed by atoms with E-state index in [4.69, 9.17) is 12.2 Å². The maximum Gasteiger partial charge on any atom is 0.272 e. The Morgan fingerprint density at radius 1 is 1.50 bits per heavy atom. The molecular formula is C13H14N2OS2. The predicted octanol–water partition coefficient (Wildman–Crippen LogP) is 3.31. The van der Waals surface area contributed by atoms with Crippen LogP contribution in [0.2, 0.25) is 0 Å². The quantitative estimate of drug-likeness (QED) is 0.875. The first kappa shape index (κ1) is 10.9. The monoisotopic (exact) mass is 278 g/mol. The molecule has 0 radical (unpaired) electrons. The van der Waals surface area contributed by atoms with E-state index in [1.54, 1.807) is 4.57 Å². The summed E-state index contributed by atoms with van der Waals surface area (Å²) in [5.74, 6) is 0.845. The van der Waals surface area contributed by atoms with Crippen molar-refractivity contribution >= 4 is 33.8 Å². The highest BCUT2D eigenvalue weighted by Crippen LogP contribution is 2.62. The molecule has 18 heavy (non-hydrogen) atoms. The highest BCUT2D eigenvalue weighted by Gasteiger charge is 2.54. The van der Waals surface area contributed by atoms with E-state index in [0.717, 1.165) is 22.7 Å². The highest BCUT2D eigenvalue weighted by molar-refractivity contribution is 7.71. The second-order valence-electron chi connectivity index (χ2n) is 5.62. The largest absolute Gasteiger partial charge is 0.331 e. The molecule has 0 amide bonds. The number of thiophene rings is 1. The van der Waals surface area contributed by atoms with Gasteiger partial charge in [-0.25, -0.2) is 0 Å². The van der Waals surface area contributed by atoms with Gasteiger partial charge in [-0.1, -0.05) is 0 Å². The van der Waals surface area contributed by atoms with E-state index in [-0.39, 0.29) is 5.56 Å². The van der Waals surface area contributed by atoms with Gasteiger partial charge in [-0.15, -0.1) is 11.3 Å². The van der Waals surface area contributed by atoms with Crippen molar-refractivity contribution in [2.24, 2.45) is 11.3 Å². The minimum Gasteiger partial charge on any atom is -0.331 e. The Balaban J connectivity index is 1.84. The average Bonchev–Trinajstić information content (AvgIpc) is 3.23. The Morgan fingerprint density at radius 3 is 2.94 bits per heavy atom. The molecule has 2 aliphatic carbocycles. The predicted molar refractivity (Wildman–Crippen MR) is 75.7 cm³/mol. The number of hydrogen-bond acceptors (Lipinski definition) is 3. The van der Waals surface area contributed by atoms with Crippen molar-refractivity contribution in [3.63, 3.8) is 0 Å². The van der Waals surface area contributed by atoms with Gasteiger partial charge in [0.05, 0.1) is 5.52 Å². The van der Waals surface area contributed by atoms with E-state index in [0.29, 0.717) is 10.2 Å². The van der Waals surface area contributed by atoms with Gasteiger partial charge in [-0.2, -0.15) is 0 Å². The zero-order chi connectivity index (χ0) is 12.3. The lowest BCUT2D eigenvalue weighted by atomic mass is 10.0. The summed E-state index contributed by atoms with van der Waals surface area (Å²) in [6.45, 7) is 0.819. The first-order valence-corrected chi connectivity index (χ1v) is 7.69. The Bertz CT molecular complexity index is 731. The van der Waals surface area contributed by atoms with Gasteiger partial charge in [0.15, 0.2) is 4.77 Å². The molecule has 1 N–H and O–H groups in total. The lowest BCUT2D eigenvalue weighted by molar-refractivity contribution is 0.361. The Morgan fingerprint density at radius 2 is 2.28 bits per heavy atom. The fourth-order valence-electron chi connectivity index (χ4n) is 2.98. The third-order valence-electron chi connectivity index (χ3n) is 4.40. The van der Waals surface area contributed by atoms with Crippen molar-refractivity contribution in [3.8, 4) is 0 Å². The van der Waals surface area contributed by atoms with Crippen molar-refractivity contribution < 1.29 is 0 Å². The fourth-order valence-corrected chi connectivity index (χ4v) is 4.04. The standard InChI is InChI=1S/C13H14N2OS2/c16-11-10-9(3-6-18-10)14-12(17)15(11)7-13(4-5-13)8-1-2-8/h3,6,8H,1-2,4-5,7H2,(H,14,17). The summed E-state index contributed by atoms with van der Waals surface area (Å²) in [6.07, 6.45) is 5.21. The summed E-state index contributed by atoms with van der Waals surface area (Å²) >= 11 is 6.84. The average molecular weight is 278 g/mol. The van der Waals surface area contributed by atoms with Gasteiger partial charge in [0.25, 0.3) is 5.56 Å². The normalized spacial score (nSPS) is 21.3. The van der Waals surface area contributed by atoms with Gasteiger partial charge in [-0.3, -0.25) is 9.36 Å². The molecule has 94 valence electrons. The molecule has 0 bridgehead atoms. The molecule has 0 atom stereocenters. The molecule has 0 aromatic carbocycles. The molecule has 2 aromatic rings. The SMILES string of the molecule is O=c1c2sccc2[nH]c(=S)n1CC1(C2CC2)CC1. The second-order valence-corrected chi connectivity index (χ2v) is 6.92. The molecule has 2 aromatic heterocycles. The Kier molecular flexibility index (Phi) is 2.15. The Hall–Kier alpha value is -0.940. The van der Waals surface area contributed by atoms with Crippen LogP contribution in [-0.2, 0) is 6.54 Å². The zero-order valence-corrected chi connectivity index (χ0v) is 11.6. The molecule has 2 aliphatic rings. The number of aromatic nitrogens is 2. The minimum atomic E-state index is 0.0932. The number of nitrogens with zero attached hydrogens (tertiary/aromatic N) is 1. The van der Waals surface area contributed by atoms with E-state index in [1.807, 2.05) is 11.4 Å². The molecule has 0 unspecified atom stereocenters. The van der Waals surface area contributed by atoms with Gasteiger partial charge in [0.2, 0.25) is 0 Å². The van der Waals surface area contributed by atoms with Gasteiger partial charge in [-0.05, 0) is 60.7 Å². The third kappa shape index (κ3) is 1.53. The molecular weight excluding hydrogens is 264 g/mol. The number of H-pyrrole nitrogens is 1. The maximum absolute atomic E-state index is 12.4. The van der Waals surface area contributed by atoms with Crippen LogP contribution in [0.5, 0.6) is 0 Å². The van der Waals surface area contributed by atoms with Crippen LogP contribution in [0.4, 0.5) is 0 Å². The van der Waals surface area contributed by atoms with Crippen LogP contribution in [0.1, 0.15) is 25.7 Å². The molecule has 2 saturated carbocycles. The van der Waals surface area contributed by atoms with E-state index in [2.05, 4.69) is 4.98 Å². The van der Waals surface area contributed by atoms with Crippen LogP contribution >= 0.6 is 23.6 Å².